The summed E-state index contributed by atoms with van der Waals surface area (Å²) in [5, 5.41) is 7.03. The van der Waals surface area contributed by atoms with E-state index >= 15 is 0 Å². The molecule has 0 bridgehead atoms. The maximum absolute atomic E-state index is 6.72. The average Bonchev–Trinajstić information content (AvgIpc) is 4.19. The van der Waals surface area contributed by atoms with E-state index < -0.39 is 5.41 Å². The molecule has 0 radical (unpaired) electrons. The molecule has 1 aliphatic carbocycles. The normalized spacial score (nSPS) is 12.7. The first-order chi connectivity index (χ1) is 36.7. The summed E-state index contributed by atoms with van der Waals surface area (Å²) < 4.78 is 9.12. The molecule has 0 N–H and O–H groups in total. The maximum atomic E-state index is 6.72. The molecule has 0 unspecified atom stereocenters. The van der Waals surface area contributed by atoms with Crippen LogP contribution in [-0.2, 0) is 5.41 Å². The highest BCUT2D eigenvalue weighted by atomic mass is 16.3. The highest BCUT2D eigenvalue weighted by Crippen LogP contribution is 2.59. The lowest BCUT2D eigenvalue weighted by molar-refractivity contribution is 0.673. The summed E-state index contributed by atoms with van der Waals surface area (Å²) in [7, 11) is 0. The van der Waals surface area contributed by atoms with Gasteiger partial charge in [0.15, 0.2) is 0 Å². The molecule has 0 fully saturated rings. The number of fused-ring (bicyclic) bond motifs is 11. The van der Waals surface area contributed by atoms with Crippen molar-refractivity contribution in [2.75, 3.05) is 4.90 Å². The van der Waals surface area contributed by atoms with Gasteiger partial charge in [-0.05, 0) is 122 Å². The SMILES string of the molecule is c1ccc(C2(c3ccccc3)c3ccccc3-c3c(N(c4ccc(-c5cccc(-n6c7ccccc7c7ccccc76)c5)cc4)c4cccc(-c5cccc6oc7c8ccccc8ccc7c56)c4)cccc32)cc1. The van der Waals surface area contributed by atoms with Crippen molar-refractivity contribution in [2.45, 2.75) is 5.41 Å². The molecule has 0 aliphatic heterocycles. The fourth-order valence-electron chi connectivity index (χ4n) is 12.5. The molecule has 1 aliphatic rings. The monoisotopic (exact) mass is 942 g/mol. The first kappa shape index (κ1) is 42.0. The fraction of sp³-hybridized carbons (Fsp3) is 0.0141. The molecular formula is C71H46N2O. The van der Waals surface area contributed by atoms with Crippen LogP contribution in [0.3, 0.4) is 0 Å². The molecule has 3 nitrogen and oxygen atoms in total. The van der Waals surface area contributed by atoms with Gasteiger partial charge in [-0.25, -0.2) is 0 Å². The van der Waals surface area contributed by atoms with Gasteiger partial charge in [-0.1, -0.05) is 212 Å². The van der Waals surface area contributed by atoms with Gasteiger partial charge in [-0.3, -0.25) is 0 Å². The number of hydrogen-bond acceptors (Lipinski definition) is 2. The third-order valence-corrected chi connectivity index (χ3v) is 15.6. The highest BCUT2D eigenvalue weighted by molar-refractivity contribution is 6.19. The highest BCUT2D eigenvalue weighted by Gasteiger charge is 2.47. The lowest BCUT2D eigenvalue weighted by atomic mass is 9.68. The summed E-state index contributed by atoms with van der Waals surface area (Å²) in [6.45, 7) is 0. The smallest absolute Gasteiger partial charge is 0.143 e. The van der Waals surface area contributed by atoms with Gasteiger partial charge < -0.3 is 13.9 Å². The first-order valence-corrected chi connectivity index (χ1v) is 25.5. The molecule has 0 atom stereocenters. The molecular weight excluding hydrogens is 897 g/mol. The topological polar surface area (TPSA) is 21.3 Å². The van der Waals surface area contributed by atoms with E-state index in [0.717, 1.165) is 72.3 Å². The van der Waals surface area contributed by atoms with Crippen molar-refractivity contribution < 1.29 is 4.42 Å². The quantitative estimate of drug-likeness (QED) is 0.151. The summed E-state index contributed by atoms with van der Waals surface area (Å²) in [6.07, 6.45) is 0. The average molecular weight is 943 g/mol. The molecule has 346 valence electrons. The van der Waals surface area contributed by atoms with Crippen LogP contribution in [0.25, 0.3) is 93.6 Å². The largest absolute Gasteiger partial charge is 0.455 e. The van der Waals surface area contributed by atoms with Crippen LogP contribution in [0.15, 0.2) is 283 Å². The third-order valence-electron chi connectivity index (χ3n) is 15.6. The van der Waals surface area contributed by atoms with Crippen LogP contribution in [0.1, 0.15) is 22.3 Å². The molecule has 2 aromatic heterocycles. The minimum absolute atomic E-state index is 0.550. The van der Waals surface area contributed by atoms with Gasteiger partial charge in [0.2, 0.25) is 0 Å². The van der Waals surface area contributed by atoms with E-state index in [9.17, 15) is 0 Å². The Kier molecular flexibility index (Phi) is 9.48. The van der Waals surface area contributed by atoms with Crippen LogP contribution < -0.4 is 4.90 Å². The molecule has 2 heterocycles. The van der Waals surface area contributed by atoms with Gasteiger partial charge in [0.1, 0.15) is 11.2 Å². The molecule has 0 saturated heterocycles. The zero-order valence-electron chi connectivity index (χ0n) is 40.4. The van der Waals surface area contributed by atoms with Gasteiger partial charge in [0.25, 0.3) is 0 Å². The Labute approximate surface area is 429 Å². The molecule has 74 heavy (non-hydrogen) atoms. The van der Waals surface area contributed by atoms with Crippen LogP contribution in [0.5, 0.6) is 0 Å². The van der Waals surface area contributed by atoms with E-state index in [1.54, 1.807) is 0 Å². The maximum Gasteiger partial charge on any atom is 0.143 e. The molecule has 3 heteroatoms. The Morgan fingerprint density at radius 3 is 1.74 bits per heavy atom. The summed E-state index contributed by atoms with van der Waals surface area (Å²) in [5.41, 5.74) is 20.0. The Hall–Kier alpha value is -9.70. The van der Waals surface area contributed by atoms with E-state index in [1.807, 2.05) is 0 Å². The predicted octanol–water partition coefficient (Wildman–Crippen LogP) is 19.0. The summed E-state index contributed by atoms with van der Waals surface area (Å²) in [6, 6.07) is 102. The number of benzene rings is 12. The van der Waals surface area contributed by atoms with Gasteiger partial charge >= 0.3 is 0 Å². The molecule has 0 spiro atoms. The Morgan fingerprint density at radius 2 is 0.973 bits per heavy atom. The van der Waals surface area contributed by atoms with Crippen LogP contribution in [0.4, 0.5) is 17.1 Å². The first-order valence-electron chi connectivity index (χ1n) is 25.5. The van der Waals surface area contributed by atoms with Gasteiger partial charge in [0.05, 0.1) is 22.1 Å². The number of aromatic nitrogens is 1. The predicted molar refractivity (Wildman–Crippen MR) is 308 cm³/mol. The Bertz CT molecular complexity index is 4390. The van der Waals surface area contributed by atoms with Crippen LogP contribution in [-0.4, -0.2) is 4.57 Å². The Balaban J connectivity index is 0.932. The second kappa shape index (κ2) is 16.7. The molecule has 14 aromatic rings. The van der Waals surface area contributed by atoms with E-state index in [-0.39, 0.29) is 0 Å². The molecule has 0 saturated carbocycles. The summed E-state index contributed by atoms with van der Waals surface area (Å²) >= 11 is 0. The van der Waals surface area contributed by atoms with Gasteiger partial charge in [0, 0.05) is 49.6 Å². The zero-order chi connectivity index (χ0) is 48.7. The van der Waals surface area contributed by atoms with Crippen molar-refractivity contribution in [3.05, 3.63) is 301 Å². The fourth-order valence-corrected chi connectivity index (χ4v) is 12.5. The van der Waals surface area contributed by atoms with Gasteiger partial charge in [-0.15, -0.1) is 0 Å². The number of anilines is 3. The minimum Gasteiger partial charge on any atom is -0.455 e. The van der Waals surface area contributed by atoms with Crippen LogP contribution >= 0.6 is 0 Å². The lowest BCUT2D eigenvalue weighted by Crippen LogP contribution is -2.28. The second-order valence-electron chi connectivity index (χ2n) is 19.5. The molecule has 15 rings (SSSR count). The minimum atomic E-state index is -0.550. The molecule has 12 aromatic carbocycles. The zero-order valence-corrected chi connectivity index (χ0v) is 40.4. The van der Waals surface area contributed by atoms with Crippen LogP contribution in [0, 0.1) is 0 Å². The van der Waals surface area contributed by atoms with E-state index in [1.165, 1.54) is 60.6 Å². The van der Waals surface area contributed by atoms with Gasteiger partial charge in [-0.2, -0.15) is 0 Å². The van der Waals surface area contributed by atoms with E-state index in [0.29, 0.717) is 0 Å². The molecule has 0 amide bonds. The van der Waals surface area contributed by atoms with Crippen molar-refractivity contribution >= 4 is 71.6 Å². The van der Waals surface area contributed by atoms with E-state index in [4.69, 9.17) is 4.42 Å². The lowest BCUT2D eigenvalue weighted by Gasteiger charge is -2.34. The Morgan fingerprint density at radius 1 is 0.365 bits per heavy atom. The van der Waals surface area contributed by atoms with Crippen molar-refractivity contribution in [2.24, 2.45) is 0 Å². The number of furan rings is 1. The second-order valence-corrected chi connectivity index (χ2v) is 19.5. The van der Waals surface area contributed by atoms with Crippen molar-refractivity contribution in [3.63, 3.8) is 0 Å². The third kappa shape index (κ3) is 6.27. The number of nitrogens with zero attached hydrogens (tertiary/aromatic N) is 2. The van der Waals surface area contributed by atoms with Crippen LogP contribution in [0.2, 0.25) is 0 Å². The van der Waals surface area contributed by atoms with Crippen molar-refractivity contribution in [1.82, 2.24) is 4.57 Å². The van der Waals surface area contributed by atoms with Crippen molar-refractivity contribution in [3.8, 4) is 39.1 Å². The number of rotatable bonds is 8. The van der Waals surface area contributed by atoms with Crippen molar-refractivity contribution in [1.29, 1.82) is 0 Å². The van der Waals surface area contributed by atoms with E-state index in [2.05, 4.69) is 289 Å². The number of para-hydroxylation sites is 2. The number of hydrogen-bond donors (Lipinski definition) is 0. The summed E-state index contributed by atoms with van der Waals surface area (Å²) in [4.78, 5) is 2.48. The summed E-state index contributed by atoms with van der Waals surface area (Å²) in [5.74, 6) is 0. The standard InChI is InChI=1S/C71H46N2O/c1-3-22-51(23-4-1)71(52-24-5-2-6-25-52)62-33-12-9-31-60(62)69-63(71)34-18-37-66(69)72(54-26-16-21-50(46-54)56-32-17-38-67-68(56)61-44-41-48-19-7-8-28-57(48)70(61)74-67)53-42-39-47(40-43-53)49-20-15-27-55(45-49)73-64-35-13-10-29-58(64)59-30-11-14-36-65(59)73/h1-46H.